The van der Waals surface area contributed by atoms with Gasteiger partial charge in [0.2, 0.25) is 5.91 Å². The third-order valence-corrected chi connectivity index (χ3v) is 7.64. The van der Waals surface area contributed by atoms with Gasteiger partial charge >= 0.3 is 0 Å². The van der Waals surface area contributed by atoms with Crippen LogP contribution in [-0.2, 0) is 14.8 Å². The molecule has 1 aliphatic rings. The van der Waals surface area contributed by atoms with Crippen LogP contribution in [0.2, 0.25) is 5.02 Å². The second kappa shape index (κ2) is 9.07. The maximum atomic E-state index is 12.8. The van der Waals surface area contributed by atoms with Gasteiger partial charge in [0.15, 0.2) is 0 Å². The van der Waals surface area contributed by atoms with Crippen molar-refractivity contribution in [2.75, 3.05) is 11.3 Å². The summed E-state index contributed by atoms with van der Waals surface area (Å²) in [6, 6.07) is 12.8. The van der Waals surface area contributed by atoms with E-state index in [1.54, 1.807) is 36.4 Å². The molecule has 0 saturated carbocycles. The molecule has 2 aromatic carbocycles. The Labute approximate surface area is 197 Å². The Bertz CT molecular complexity index is 1340. The maximum Gasteiger partial charge on any atom is 0.268 e. The third kappa shape index (κ3) is 4.69. The van der Waals surface area contributed by atoms with Crippen molar-refractivity contribution < 1.29 is 18.0 Å². The molecule has 0 aliphatic carbocycles. The number of sulfonamides is 1. The summed E-state index contributed by atoms with van der Waals surface area (Å²) in [5.74, 6) is -0.314. The van der Waals surface area contributed by atoms with Crippen LogP contribution in [0.4, 0.5) is 5.69 Å². The summed E-state index contributed by atoms with van der Waals surface area (Å²) < 4.78 is 30.0. The molecule has 0 radical (unpaired) electrons. The number of benzene rings is 2. The fourth-order valence-corrected chi connectivity index (χ4v) is 5.52. The van der Waals surface area contributed by atoms with Gasteiger partial charge in [0.1, 0.15) is 10.6 Å². The van der Waals surface area contributed by atoms with Crippen LogP contribution in [0.5, 0.6) is 0 Å². The minimum absolute atomic E-state index is 0.0188. The molecular weight excluding hydrogens is 464 g/mol. The van der Waals surface area contributed by atoms with Gasteiger partial charge in [0.25, 0.3) is 15.9 Å². The molecule has 0 bridgehead atoms. The predicted molar refractivity (Wildman–Crippen MR) is 128 cm³/mol. The number of carbonyl (C=O) groups is 2. The molecule has 10 heteroatoms. The number of hydrogen-bond acceptors (Lipinski definition) is 4. The van der Waals surface area contributed by atoms with Gasteiger partial charge in [-0.3, -0.25) is 14.3 Å². The summed E-state index contributed by atoms with van der Waals surface area (Å²) in [6.07, 6.45) is 1.06. The van der Waals surface area contributed by atoms with Crippen LogP contribution in [0.1, 0.15) is 43.2 Å². The number of anilines is 1. The second-order valence-corrected chi connectivity index (χ2v) is 10.2. The average molecular weight is 489 g/mol. The maximum absolute atomic E-state index is 12.8. The highest BCUT2D eigenvalue weighted by molar-refractivity contribution is 7.92. The van der Waals surface area contributed by atoms with Crippen molar-refractivity contribution >= 4 is 50.0 Å². The Morgan fingerprint density at radius 1 is 1.24 bits per heavy atom. The van der Waals surface area contributed by atoms with E-state index in [9.17, 15) is 18.0 Å². The lowest BCUT2D eigenvalue weighted by Gasteiger charge is -2.27. The molecule has 0 spiro atoms. The van der Waals surface area contributed by atoms with Crippen LogP contribution in [0.3, 0.4) is 0 Å². The van der Waals surface area contributed by atoms with Crippen molar-refractivity contribution in [3.05, 3.63) is 59.2 Å². The van der Waals surface area contributed by atoms with E-state index in [4.69, 9.17) is 11.6 Å². The minimum Gasteiger partial charge on any atom is -0.354 e. The number of aromatic nitrogens is 1. The normalized spacial score (nSPS) is 16.7. The van der Waals surface area contributed by atoms with Crippen LogP contribution in [-0.4, -0.2) is 37.4 Å². The first-order valence-electron chi connectivity index (χ1n) is 10.7. The number of amides is 2. The van der Waals surface area contributed by atoms with E-state index in [0.717, 1.165) is 11.9 Å². The molecule has 1 aromatic heterocycles. The Morgan fingerprint density at radius 3 is 2.73 bits per heavy atom. The predicted octanol–water partition coefficient (Wildman–Crippen LogP) is 3.68. The smallest absolute Gasteiger partial charge is 0.268 e. The van der Waals surface area contributed by atoms with Gasteiger partial charge in [-0.2, -0.15) is 0 Å². The quantitative estimate of drug-likeness (QED) is 0.471. The van der Waals surface area contributed by atoms with Crippen LogP contribution in [0.15, 0.2) is 53.4 Å². The van der Waals surface area contributed by atoms with Crippen LogP contribution in [0.25, 0.3) is 10.9 Å². The summed E-state index contributed by atoms with van der Waals surface area (Å²) >= 11 is 6.05. The molecule has 2 heterocycles. The largest absolute Gasteiger partial charge is 0.354 e. The zero-order valence-corrected chi connectivity index (χ0v) is 19.8. The number of nitrogens with one attached hydrogen (secondary N) is 3. The fourth-order valence-electron chi connectivity index (χ4n) is 3.95. The van der Waals surface area contributed by atoms with Crippen LogP contribution in [0, 0.1) is 0 Å². The Kier molecular flexibility index (Phi) is 6.36. The lowest BCUT2D eigenvalue weighted by Crippen LogP contribution is -2.41. The van der Waals surface area contributed by atoms with Crippen molar-refractivity contribution in [3.63, 3.8) is 0 Å². The van der Waals surface area contributed by atoms with E-state index in [1.165, 1.54) is 12.1 Å². The van der Waals surface area contributed by atoms with Crippen molar-refractivity contribution in [3.8, 4) is 0 Å². The molecule has 2 unspecified atom stereocenters. The molecule has 3 aromatic rings. The van der Waals surface area contributed by atoms with Crippen molar-refractivity contribution in [1.82, 2.24) is 15.2 Å². The van der Waals surface area contributed by atoms with E-state index in [2.05, 4.69) is 15.4 Å². The fraction of sp³-hybridized carbons (Fsp3) is 0.304. The molecule has 0 fully saturated rings. The number of nitrogens with zero attached hydrogens (tertiary/aromatic N) is 1. The number of fused-ring (bicyclic) bond motifs is 3. The van der Waals surface area contributed by atoms with E-state index in [0.29, 0.717) is 23.3 Å². The van der Waals surface area contributed by atoms with E-state index >= 15 is 0 Å². The first-order valence-corrected chi connectivity index (χ1v) is 12.6. The van der Waals surface area contributed by atoms with Gasteiger partial charge in [-0.1, -0.05) is 30.7 Å². The third-order valence-electron chi connectivity index (χ3n) is 5.75. The number of halogens is 1. The van der Waals surface area contributed by atoms with Gasteiger partial charge in [-0.15, -0.1) is 0 Å². The second-order valence-electron chi connectivity index (χ2n) is 8.15. The van der Waals surface area contributed by atoms with Crippen molar-refractivity contribution in [1.29, 1.82) is 0 Å². The zero-order chi connectivity index (χ0) is 23.8. The van der Waals surface area contributed by atoms with Gasteiger partial charge in [0, 0.05) is 35.6 Å². The van der Waals surface area contributed by atoms with Gasteiger partial charge in [-0.05, 0) is 49.7 Å². The highest BCUT2D eigenvalue weighted by Gasteiger charge is 2.29. The Balaban J connectivity index is 1.65. The molecule has 0 saturated heterocycles. The van der Waals surface area contributed by atoms with Gasteiger partial charge < -0.3 is 15.2 Å². The molecule has 3 N–H and O–H groups in total. The molecule has 174 valence electrons. The van der Waals surface area contributed by atoms with E-state index < -0.39 is 10.0 Å². The summed E-state index contributed by atoms with van der Waals surface area (Å²) in [7, 11) is -3.89. The highest BCUT2D eigenvalue weighted by Crippen LogP contribution is 2.31. The summed E-state index contributed by atoms with van der Waals surface area (Å²) in [5, 5.41) is 6.61. The molecule has 2 amide bonds. The summed E-state index contributed by atoms with van der Waals surface area (Å²) in [6.45, 7) is 4.29. The number of rotatable bonds is 7. The molecule has 8 nitrogen and oxygen atoms in total. The minimum atomic E-state index is -3.89. The average Bonchev–Trinajstić information content (AvgIpc) is 3.15. The summed E-state index contributed by atoms with van der Waals surface area (Å²) in [5.41, 5.74) is 1.53. The number of carbonyl (C=O) groups excluding carboxylic acids is 2. The molecule has 2 atom stereocenters. The Hall–Kier alpha value is -3.04. The monoisotopic (exact) mass is 488 g/mol. The Morgan fingerprint density at radius 2 is 2.00 bits per heavy atom. The van der Waals surface area contributed by atoms with Crippen molar-refractivity contribution in [2.24, 2.45) is 0 Å². The summed E-state index contributed by atoms with van der Waals surface area (Å²) in [4.78, 5) is 24.9. The van der Waals surface area contributed by atoms with Gasteiger partial charge in [-0.25, -0.2) is 8.42 Å². The first kappa shape index (κ1) is 23.1. The van der Waals surface area contributed by atoms with Crippen LogP contribution < -0.4 is 15.4 Å². The molecular formula is C23H25ClN4O4S. The SMILES string of the molecule is CCC(C)NC(=O)CC1CNC(=O)c2cc3cc(NS(=O)(=O)c4ccccc4Cl)ccc3n21. The van der Waals surface area contributed by atoms with Crippen molar-refractivity contribution in [2.45, 2.75) is 43.7 Å². The standard InChI is InChI=1S/C23H25ClN4O4S/c1-3-14(2)26-22(29)12-17-13-25-23(30)20-11-15-10-16(8-9-19(15)28(17)20)27-33(31,32)21-7-5-4-6-18(21)24/h4-11,14,17,27H,3,12-13H2,1-2H3,(H,25,30)(H,26,29). The lowest BCUT2D eigenvalue weighted by atomic mass is 10.1. The highest BCUT2D eigenvalue weighted by atomic mass is 35.5. The van der Waals surface area contributed by atoms with Gasteiger partial charge in [0.05, 0.1) is 11.1 Å². The van der Waals surface area contributed by atoms with E-state index in [-0.39, 0.29) is 40.2 Å². The molecule has 4 rings (SSSR count). The topological polar surface area (TPSA) is 109 Å². The lowest BCUT2D eigenvalue weighted by molar-refractivity contribution is -0.122. The number of hydrogen-bond donors (Lipinski definition) is 3. The van der Waals surface area contributed by atoms with E-state index in [1.807, 2.05) is 18.4 Å². The molecule has 33 heavy (non-hydrogen) atoms. The van der Waals surface area contributed by atoms with Crippen LogP contribution >= 0.6 is 11.6 Å². The first-order chi connectivity index (χ1) is 15.7. The molecule has 1 aliphatic heterocycles. The zero-order valence-electron chi connectivity index (χ0n) is 18.3.